The van der Waals surface area contributed by atoms with E-state index < -0.39 is 10.0 Å². The van der Waals surface area contributed by atoms with Crippen LogP contribution in [-0.2, 0) is 10.0 Å². The molecule has 0 bridgehead atoms. The Morgan fingerprint density at radius 1 is 1.12 bits per heavy atom. The number of benzene rings is 1. The summed E-state index contributed by atoms with van der Waals surface area (Å²) in [6, 6.07) is 11.7. The third-order valence-corrected chi connectivity index (χ3v) is 8.75. The number of aromatic nitrogens is 3. The highest BCUT2D eigenvalue weighted by atomic mass is 32.2. The second kappa shape index (κ2) is 9.56. The maximum atomic E-state index is 12.9. The highest BCUT2D eigenvalue weighted by Gasteiger charge is 2.22. The summed E-state index contributed by atoms with van der Waals surface area (Å²) in [4.78, 5) is 18.8. The summed E-state index contributed by atoms with van der Waals surface area (Å²) in [7, 11) is -3.58. The van der Waals surface area contributed by atoms with Crippen LogP contribution in [0, 0.1) is 6.92 Å². The first-order valence-electron chi connectivity index (χ1n) is 10.3. The molecule has 0 saturated heterocycles. The van der Waals surface area contributed by atoms with Crippen molar-refractivity contribution in [1.82, 2.24) is 19.1 Å². The quantitative estimate of drug-likeness (QED) is 0.379. The van der Waals surface area contributed by atoms with Crippen molar-refractivity contribution in [2.45, 2.75) is 25.7 Å². The van der Waals surface area contributed by atoms with E-state index in [-0.39, 0.29) is 10.8 Å². The molecule has 0 aliphatic heterocycles. The van der Waals surface area contributed by atoms with E-state index in [0.29, 0.717) is 29.6 Å². The van der Waals surface area contributed by atoms with Gasteiger partial charge in [-0.15, -0.1) is 22.7 Å². The Labute approximate surface area is 200 Å². The molecule has 0 fully saturated rings. The molecule has 4 rings (SSSR count). The summed E-state index contributed by atoms with van der Waals surface area (Å²) in [5, 5.41) is 11.9. The number of carbonyl (C=O) groups excluding carboxylic acids is 1. The van der Waals surface area contributed by atoms with Crippen LogP contribution in [0.15, 0.2) is 58.1 Å². The summed E-state index contributed by atoms with van der Waals surface area (Å²) < 4.78 is 28.3. The number of nitrogens with one attached hydrogen (secondary N) is 1. The van der Waals surface area contributed by atoms with Crippen molar-refractivity contribution < 1.29 is 13.2 Å². The smallest absolute Gasteiger partial charge is 0.256 e. The van der Waals surface area contributed by atoms with Crippen molar-refractivity contribution in [1.29, 1.82) is 0 Å². The zero-order chi connectivity index (χ0) is 23.6. The SMILES string of the molecule is CCN(CC)S(=O)(=O)c1ccc(C(=O)Nc2cc(C)nn2-c2nc(-c3cccs3)cs2)cc1. The fraction of sp³-hybridized carbons (Fsp3) is 0.227. The number of anilines is 1. The molecule has 0 aliphatic rings. The van der Waals surface area contributed by atoms with Gasteiger partial charge in [0.2, 0.25) is 15.2 Å². The first-order valence-corrected chi connectivity index (χ1v) is 13.5. The minimum Gasteiger partial charge on any atom is -0.306 e. The number of carbonyl (C=O) groups is 1. The van der Waals surface area contributed by atoms with Crippen molar-refractivity contribution in [3.8, 4) is 15.7 Å². The molecule has 33 heavy (non-hydrogen) atoms. The van der Waals surface area contributed by atoms with Crippen LogP contribution in [0.2, 0.25) is 0 Å². The van der Waals surface area contributed by atoms with Gasteiger partial charge in [0.1, 0.15) is 5.82 Å². The van der Waals surface area contributed by atoms with Crippen LogP contribution in [0.1, 0.15) is 29.9 Å². The Bertz CT molecular complexity index is 1350. The molecule has 3 heterocycles. The number of thiophene rings is 1. The lowest BCUT2D eigenvalue weighted by atomic mass is 10.2. The van der Waals surface area contributed by atoms with E-state index in [1.165, 1.54) is 39.9 Å². The Morgan fingerprint density at radius 2 is 1.85 bits per heavy atom. The molecule has 0 radical (unpaired) electrons. The van der Waals surface area contributed by atoms with Crippen LogP contribution < -0.4 is 5.32 Å². The van der Waals surface area contributed by atoms with Gasteiger partial charge in [0.05, 0.1) is 21.2 Å². The lowest BCUT2D eigenvalue weighted by Gasteiger charge is -2.18. The van der Waals surface area contributed by atoms with Crippen LogP contribution in [0.5, 0.6) is 0 Å². The van der Waals surface area contributed by atoms with E-state index in [4.69, 9.17) is 0 Å². The molecule has 0 unspecified atom stereocenters. The molecule has 1 amide bonds. The van der Waals surface area contributed by atoms with Crippen molar-refractivity contribution in [3.05, 3.63) is 64.5 Å². The summed E-state index contributed by atoms with van der Waals surface area (Å²) in [5.74, 6) is 0.127. The lowest BCUT2D eigenvalue weighted by Crippen LogP contribution is -2.30. The van der Waals surface area contributed by atoms with Gasteiger partial charge >= 0.3 is 0 Å². The van der Waals surface area contributed by atoms with Gasteiger partial charge in [0, 0.05) is 30.1 Å². The van der Waals surface area contributed by atoms with E-state index in [0.717, 1.165) is 16.3 Å². The van der Waals surface area contributed by atoms with E-state index >= 15 is 0 Å². The standard InChI is InChI=1S/C22H23N5O3S3/c1-4-26(5-2)33(29,30)17-10-8-16(9-11-17)21(28)24-20-13-15(3)25-27(20)22-23-18(14-32-22)19-7-6-12-31-19/h6-14H,4-5H2,1-3H3,(H,24,28). The molecule has 0 spiro atoms. The van der Waals surface area contributed by atoms with Gasteiger partial charge in [-0.3, -0.25) is 4.79 Å². The number of sulfonamides is 1. The highest BCUT2D eigenvalue weighted by molar-refractivity contribution is 7.89. The van der Waals surface area contributed by atoms with Gasteiger partial charge in [-0.2, -0.15) is 14.1 Å². The van der Waals surface area contributed by atoms with Gasteiger partial charge < -0.3 is 5.32 Å². The number of amides is 1. The number of aryl methyl sites for hydroxylation is 1. The van der Waals surface area contributed by atoms with Crippen LogP contribution in [0.3, 0.4) is 0 Å². The summed E-state index contributed by atoms with van der Waals surface area (Å²) in [5.41, 5.74) is 1.94. The maximum Gasteiger partial charge on any atom is 0.256 e. The predicted molar refractivity (Wildman–Crippen MR) is 132 cm³/mol. The normalized spacial score (nSPS) is 11.8. The Morgan fingerprint density at radius 3 is 2.48 bits per heavy atom. The monoisotopic (exact) mass is 501 g/mol. The zero-order valence-corrected chi connectivity index (χ0v) is 20.8. The number of hydrogen-bond donors (Lipinski definition) is 1. The number of hydrogen-bond acceptors (Lipinski definition) is 7. The van der Waals surface area contributed by atoms with E-state index in [1.54, 1.807) is 35.9 Å². The van der Waals surface area contributed by atoms with Gasteiger partial charge in [0.25, 0.3) is 5.91 Å². The molecule has 4 aromatic rings. The average molecular weight is 502 g/mol. The van der Waals surface area contributed by atoms with Crippen molar-refractivity contribution in [3.63, 3.8) is 0 Å². The number of nitrogens with zero attached hydrogens (tertiary/aromatic N) is 4. The molecule has 11 heteroatoms. The van der Waals surface area contributed by atoms with Crippen LogP contribution in [-0.4, -0.2) is 46.5 Å². The van der Waals surface area contributed by atoms with Crippen LogP contribution in [0.25, 0.3) is 15.7 Å². The first kappa shape index (κ1) is 23.3. The summed E-state index contributed by atoms with van der Waals surface area (Å²) in [6.45, 7) is 6.19. The second-order valence-electron chi connectivity index (χ2n) is 7.14. The van der Waals surface area contributed by atoms with Gasteiger partial charge in [-0.25, -0.2) is 13.4 Å². The number of rotatable bonds is 8. The topological polar surface area (TPSA) is 97.2 Å². The fourth-order valence-corrected chi connectivity index (χ4v) is 6.32. The third kappa shape index (κ3) is 4.76. The Hall–Kier alpha value is -2.86. The van der Waals surface area contributed by atoms with Crippen molar-refractivity contribution in [2.24, 2.45) is 0 Å². The van der Waals surface area contributed by atoms with E-state index in [9.17, 15) is 13.2 Å². The summed E-state index contributed by atoms with van der Waals surface area (Å²) >= 11 is 3.04. The minimum absolute atomic E-state index is 0.160. The molecule has 0 saturated carbocycles. The van der Waals surface area contributed by atoms with Crippen LogP contribution >= 0.6 is 22.7 Å². The van der Waals surface area contributed by atoms with Crippen molar-refractivity contribution >= 4 is 44.4 Å². The molecule has 3 aromatic heterocycles. The van der Waals surface area contributed by atoms with E-state index in [1.807, 2.05) is 29.8 Å². The van der Waals surface area contributed by atoms with Crippen molar-refractivity contribution in [2.75, 3.05) is 18.4 Å². The summed E-state index contributed by atoms with van der Waals surface area (Å²) in [6.07, 6.45) is 0. The fourth-order valence-electron chi connectivity index (χ4n) is 3.31. The molecular formula is C22H23N5O3S3. The minimum atomic E-state index is -3.58. The molecular weight excluding hydrogens is 478 g/mol. The largest absolute Gasteiger partial charge is 0.306 e. The zero-order valence-electron chi connectivity index (χ0n) is 18.3. The number of thiazole rings is 1. The van der Waals surface area contributed by atoms with Gasteiger partial charge in [-0.05, 0) is 42.6 Å². The second-order valence-corrected chi connectivity index (χ2v) is 10.9. The molecule has 0 aliphatic carbocycles. The predicted octanol–water partition coefficient (Wildman–Crippen LogP) is 4.65. The molecule has 1 aromatic carbocycles. The molecule has 172 valence electrons. The van der Waals surface area contributed by atoms with Crippen LogP contribution in [0.4, 0.5) is 5.82 Å². The van der Waals surface area contributed by atoms with Gasteiger partial charge in [-0.1, -0.05) is 19.9 Å². The van der Waals surface area contributed by atoms with E-state index in [2.05, 4.69) is 15.4 Å². The molecule has 0 atom stereocenters. The molecule has 8 nitrogen and oxygen atoms in total. The lowest BCUT2D eigenvalue weighted by molar-refractivity contribution is 0.102. The molecule has 1 N–H and O–H groups in total. The van der Waals surface area contributed by atoms with Gasteiger partial charge in [0.15, 0.2) is 0 Å². The Balaban J connectivity index is 1.55. The average Bonchev–Trinajstić information content (AvgIpc) is 3.55. The maximum absolute atomic E-state index is 12.9. The highest BCUT2D eigenvalue weighted by Crippen LogP contribution is 2.29. The first-order chi connectivity index (χ1) is 15.8. The third-order valence-electron chi connectivity index (χ3n) is 4.98. The Kier molecular flexibility index (Phi) is 6.75.